The molecule has 0 saturated heterocycles. The average Bonchev–Trinajstić information content (AvgIpc) is 3.40. The van der Waals surface area contributed by atoms with Gasteiger partial charge in [0.25, 0.3) is 0 Å². The Labute approximate surface area is 455 Å². The Morgan fingerprint density at radius 2 is 0.581 bits per heavy atom. The van der Waals surface area contributed by atoms with Gasteiger partial charge in [0.15, 0.2) is 6.10 Å². The maximum Gasteiger partial charge on any atom is 0.309 e. The van der Waals surface area contributed by atoms with Crippen LogP contribution in [0.2, 0.25) is 0 Å². The van der Waals surface area contributed by atoms with Crippen molar-refractivity contribution in [2.45, 2.75) is 252 Å². The van der Waals surface area contributed by atoms with Gasteiger partial charge in [0, 0.05) is 12.8 Å². The number of allylic oxidation sites excluding steroid dienone is 23. The van der Waals surface area contributed by atoms with E-state index in [2.05, 4.69) is 154 Å². The second kappa shape index (κ2) is 60.8. The highest BCUT2D eigenvalue weighted by atomic mass is 16.6. The predicted molar refractivity (Wildman–Crippen MR) is 320 cm³/mol. The molecule has 416 valence electrons. The summed E-state index contributed by atoms with van der Waals surface area (Å²) in [5.74, 6) is -1.13. The number of carbonyl (C=O) groups excluding carboxylic acids is 3. The first-order valence-electron chi connectivity index (χ1n) is 29.8. The van der Waals surface area contributed by atoms with E-state index in [4.69, 9.17) is 14.2 Å². The molecule has 0 aromatic rings. The van der Waals surface area contributed by atoms with E-state index >= 15 is 0 Å². The standard InChI is InChI=1S/C68H108O6/c1-4-7-10-13-16-19-22-25-28-30-32-33-34-35-36-38-40-43-46-49-52-55-58-61-67(70)73-64-65(63-72-66(69)60-57-54-51-48-45-42-39-27-24-21-18-15-12-9-6-3)74-68(71)62-59-56-53-50-47-44-41-37-31-29-26-23-20-17-14-11-8-5-2/h7,9-10,12,16,18-19,21,25,27-28,32-33,35-36,39-40,43,45,48-49,52,54,57,65H,4-6,8,11,13-15,17,20,22-24,26,29-31,34,37-38,41-42,44,46-47,50-51,53,55-56,58-64H2,1-3H3/b10-7-,12-9-,19-16-,21-18-,28-25-,33-32-,36-35-,39-27-,43-40-,48-45-,52-49-,57-54-. The molecule has 0 N–H and O–H groups in total. The predicted octanol–water partition coefficient (Wildman–Crippen LogP) is 20.4. The number of hydrogen-bond donors (Lipinski definition) is 0. The van der Waals surface area contributed by atoms with Gasteiger partial charge in [0.1, 0.15) is 13.2 Å². The van der Waals surface area contributed by atoms with Gasteiger partial charge in [-0.3, -0.25) is 14.4 Å². The monoisotopic (exact) mass is 1020 g/mol. The van der Waals surface area contributed by atoms with E-state index in [9.17, 15) is 14.4 Å². The van der Waals surface area contributed by atoms with Gasteiger partial charge in [-0.05, 0) is 96.3 Å². The quantitative estimate of drug-likeness (QED) is 0.0261. The molecule has 0 fully saturated rings. The van der Waals surface area contributed by atoms with Crippen molar-refractivity contribution in [3.05, 3.63) is 146 Å². The van der Waals surface area contributed by atoms with Crippen molar-refractivity contribution < 1.29 is 28.6 Å². The molecule has 0 aliphatic rings. The fourth-order valence-electron chi connectivity index (χ4n) is 7.74. The Hall–Kier alpha value is -4.71. The summed E-state index contributed by atoms with van der Waals surface area (Å²) < 4.78 is 16.7. The van der Waals surface area contributed by atoms with E-state index < -0.39 is 12.1 Å². The first kappa shape index (κ1) is 69.3. The smallest absolute Gasteiger partial charge is 0.309 e. The topological polar surface area (TPSA) is 78.9 Å². The Kier molecular flexibility index (Phi) is 57.0. The second-order valence-electron chi connectivity index (χ2n) is 19.2. The van der Waals surface area contributed by atoms with Gasteiger partial charge in [-0.15, -0.1) is 0 Å². The van der Waals surface area contributed by atoms with Crippen LogP contribution in [-0.4, -0.2) is 37.2 Å². The van der Waals surface area contributed by atoms with Gasteiger partial charge in [-0.2, -0.15) is 0 Å². The average molecular weight is 1020 g/mol. The molecule has 6 heteroatoms. The minimum Gasteiger partial charge on any atom is -0.462 e. The Bertz CT molecular complexity index is 1640. The van der Waals surface area contributed by atoms with Crippen LogP contribution in [0, 0.1) is 0 Å². The van der Waals surface area contributed by atoms with Crippen molar-refractivity contribution in [3.63, 3.8) is 0 Å². The van der Waals surface area contributed by atoms with Gasteiger partial charge in [0.05, 0.1) is 6.42 Å². The third kappa shape index (κ3) is 58.2. The van der Waals surface area contributed by atoms with Crippen LogP contribution in [0.15, 0.2) is 146 Å². The van der Waals surface area contributed by atoms with E-state index in [1.807, 2.05) is 6.08 Å². The highest BCUT2D eigenvalue weighted by Gasteiger charge is 2.19. The normalized spacial score (nSPS) is 13.2. The molecule has 0 spiro atoms. The van der Waals surface area contributed by atoms with Gasteiger partial charge in [0.2, 0.25) is 0 Å². The maximum absolute atomic E-state index is 12.9. The minimum atomic E-state index is -0.847. The van der Waals surface area contributed by atoms with Crippen LogP contribution in [0.25, 0.3) is 0 Å². The lowest BCUT2D eigenvalue weighted by Gasteiger charge is -2.18. The van der Waals surface area contributed by atoms with Crippen molar-refractivity contribution in [3.8, 4) is 0 Å². The molecule has 74 heavy (non-hydrogen) atoms. The van der Waals surface area contributed by atoms with Crippen molar-refractivity contribution in [1.82, 2.24) is 0 Å². The number of rotatable bonds is 52. The van der Waals surface area contributed by atoms with Crippen LogP contribution in [0.4, 0.5) is 0 Å². The summed E-state index contributed by atoms with van der Waals surface area (Å²) in [5, 5.41) is 0. The van der Waals surface area contributed by atoms with Gasteiger partial charge < -0.3 is 14.2 Å². The van der Waals surface area contributed by atoms with Crippen LogP contribution in [0.3, 0.4) is 0 Å². The van der Waals surface area contributed by atoms with Crippen LogP contribution >= 0.6 is 0 Å². The Morgan fingerprint density at radius 1 is 0.297 bits per heavy atom. The summed E-state index contributed by atoms with van der Waals surface area (Å²) in [6.07, 6.45) is 87.3. The third-order valence-corrected chi connectivity index (χ3v) is 12.1. The number of hydrogen-bond acceptors (Lipinski definition) is 6. The molecular formula is C68H108O6. The zero-order chi connectivity index (χ0) is 53.6. The molecule has 0 rings (SSSR count). The number of carbonyl (C=O) groups is 3. The highest BCUT2D eigenvalue weighted by molar-refractivity contribution is 5.72. The number of unbranched alkanes of at least 4 members (excludes halogenated alkanes) is 18. The number of esters is 3. The van der Waals surface area contributed by atoms with E-state index in [1.54, 1.807) is 6.08 Å². The summed E-state index contributed by atoms with van der Waals surface area (Å²) in [6.45, 7) is 6.28. The molecule has 0 aromatic heterocycles. The largest absolute Gasteiger partial charge is 0.462 e. The van der Waals surface area contributed by atoms with E-state index in [0.717, 1.165) is 103 Å². The zero-order valence-electron chi connectivity index (χ0n) is 47.5. The van der Waals surface area contributed by atoms with Crippen LogP contribution in [-0.2, 0) is 28.6 Å². The van der Waals surface area contributed by atoms with Gasteiger partial charge >= 0.3 is 17.9 Å². The highest BCUT2D eigenvalue weighted by Crippen LogP contribution is 2.15. The van der Waals surface area contributed by atoms with Crippen molar-refractivity contribution >= 4 is 17.9 Å². The summed E-state index contributed by atoms with van der Waals surface area (Å²) in [7, 11) is 0. The molecule has 0 aliphatic carbocycles. The molecule has 0 heterocycles. The zero-order valence-corrected chi connectivity index (χ0v) is 47.5. The van der Waals surface area contributed by atoms with Crippen LogP contribution < -0.4 is 0 Å². The molecule has 0 saturated carbocycles. The van der Waals surface area contributed by atoms with Crippen molar-refractivity contribution in [2.75, 3.05) is 13.2 Å². The van der Waals surface area contributed by atoms with E-state index in [0.29, 0.717) is 12.8 Å². The molecular weight excluding hydrogens is 913 g/mol. The summed E-state index contributed by atoms with van der Waals surface area (Å²) in [4.78, 5) is 38.1. The first-order valence-corrected chi connectivity index (χ1v) is 29.8. The molecule has 6 nitrogen and oxygen atoms in total. The lowest BCUT2D eigenvalue weighted by atomic mass is 10.0. The first-order chi connectivity index (χ1) is 36.5. The summed E-state index contributed by atoms with van der Waals surface area (Å²) in [5.41, 5.74) is 0. The van der Waals surface area contributed by atoms with Gasteiger partial charge in [-0.25, -0.2) is 0 Å². The lowest BCUT2D eigenvalue weighted by Crippen LogP contribution is -2.30. The van der Waals surface area contributed by atoms with Crippen molar-refractivity contribution in [1.29, 1.82) is 0 Å². The van der Waals surface area contributed by atoms with E-state index in [1.165, 1.54) is 96.3 Å². The SMILES string of the molecule is CC/C=C\C/C=C\C/C=C\C/C=C\C/C=C\C/C=C\C/C=C\CCCC(=O)OCC(COC(=O)C/C=C\C/C=C\C/C=C\C/C=C\C/C=C\CC)OC(=O)CCCCCCCCCCCCCCCCCCCC. The molecule has 0 aliphatic heterocycles. The minimum absolute atomic E-state index is 0.112. The fourth-order valence-corrected chi connectivity index (χ4v) is 7.74. The van der Waals surface area contributed by atoms with Crippen LogP contribution in [0.5, 0.6) is 0 Å². The Balaban J connectivity index is 4.57. The second-order valence-corrected chi connectivity index (χ2v) is 19.2. The summed E-state index contributed by atoms with van der Waals surface area (Å²) in [6, 6.07) is 0. The maximum atomic E-state index is 12.9. The molecule has 0 aromatic carbocycles. The lowest BCUT2D eigenvalue weighted by molar-refractivity contribution is -0.166. The molecule has 0 bridgehead atoms. The third-order valence-electron chi connectivity index (χ3n) is 12.1. The van der Waals surface area contributed by atoms with Crippen LogP contribution in [0.1, 0.15) is 245 Å². The van der Waals surface area contributed by atoms with Crippen molar-refractivity contribution in [2.24, 2.45) is 0 Å². The molecule has 0 amide bonds. The summed E-state index contributed by atoms with van der Waals surface area (Å²) >= 11 is 0. The Morgan fingerprint density at radius 3 is 0.932 bits per heavy atom. The number of ether oxygens (including phenoxy) is 3. The fraction of sp³-hybridized carbons (Fsp3) is 0.603. The van der Waals surface area contributed by atoms with Gasteiger partial charge in [-0.1, -0.05) is 276 Å². The van der Waals surface area contributed by atoms with E-state index in [-0.39, 0.29) is 38.0 Å². The molecule has 1 atom stereocenters. The molecule has 0 radical (unpaired) electrons. The molecule has 1 unspecified atom stereocenters.